The molecule has 7 heteroatoms. The minimum atomic E-state index is -0.0633. The van der Waals surface area contributed by atoms with Gasteiger partial charge >= 0.3 is 0 Å². The van der Waals surface area contributed by atoms with E-state index >= 15 is 0 Å². The van der Waals surface area contributed by atoms with Gasteiger partial charge in [-0.2, -0.15) is 0 Å². The van der Waals surface area contributed by atoms with Gasteiger partial charge in [0.2, 0.25) is 0 Å². The first-order valence-corrected chi connectivity index (χ1v) is 8.64. The molecule has 0 aliphatic rings. The summed E-state index contributed by atoms with van der Waals surface area (Å²) in [6.07, 6.45) is 6.40. The van der Waals surface area contributed by atoms with Crippen molar-refractivity contribution in [1.29, 1.82) is 0 Å². The second-order valence-corrected chi connectivity index (χ2v) is 5.84. The van der Waals surface area contributed by atoms with E-state index in [2.05, 4.69) is 21.8 Å². The molecule has 3 rings (SSSR count). The van der Waals surface area contributed by atoms with Gasteiger partial charge in [0.15, 0.2) is 0 Å². The monoisotopic (exact) mass is 363 g/mol. The van der Waals surface area contributed by atoms with E-state index in [1.165, 1.54) is 0 Å². The predicted molar refractivity (Wildman–Crippen MR) is 102 cm³/mol. The zero-order valence-corrected chi connectivity index (χ0v) is 15.2. The number of benzene rings is 1. The molecule has 1 aromatic carbocycles. The fourth-order valence-electron chi connectivity index (χ4n) is 2.63. The molecule has 0 aliphatic carbocycles. The topological polar surface area (TPSA) is 73.1 Å². The van der Waals surface area contributed by atoms with Crippen LogP contribution in [0.2, 0.25) is 0 Å². The molecule has 2 heterocycles. The summed E-state index contributed by atoms with van der Waals surface area (Å²) >= 11 is 0. The highest BCUT2D eigenvalue weighted by Crippen LogP contribution is 2.17. The number of carbonyl (C=O) groups is 1. The molecule has 3 aromatic rings. The molecule has 27 heavy (non-hydrogen) atoms. The zero-order valence-electron chi connectivity index (χ0n) is 15.2. The first-order chi connectivity index (χ1) is 13.2. The predicted octanol–water partition coefficient (Wildman–Crippen LogP) is 2.89. The Morgan fingerprint density at radius 2 is 2.07 bits per heavy atom. The first kappa shape index (κ1) is 18.3. The molecule has 138 valence electrons. The first-order valence-electron chi connectivity index (χ1n) is 8.64. The number of rotatable bonds is 8. The second kappa shape index (κ2) is 8.75. The maximum absolute atomic E-state index is 13.0. The van der Waals surface area contributed by atoms with Gasteiger partial charge in [0.05, 0.1) is 0 Å². The van der Waals surface area contributed by atoms with Gasteiger partial charge in [0, 0.05) is 24.8 Å². The molecule has 0 bridgehead atoms. The van der Waals surface area contributed by atoms with Crippen LogP contribution in [-0.4, -0.2) is 43.7 Å². The largest absolute Gasteiger partial charge is 0.490 e. The van der Waals surface area contributed by atoms with E-state index in [9.17, 15) is 4.79 Å². The molecule has 0 saturated carbocycles. The lowest BCUT2D eigenvalue weighted by atomic mass is 10.1. The van der Waals surface area contributed by atoms with Crippen molar-refractivity contribution in [3.63, 3.8) is 0 Å². The summed E-state index contributed by atoms with van der Waals surface area (Å²) in [6, 6.07) is 11.2. The highest BCUT2D eigenvalue weighted by molar-refractivity contribution is 5.94. The quantitative estimate of drug-likeness (QED) is 0.576. The number of aromatic nitrogens is 4. The summed E-state index contributed by atoms with van der Waals surface area (Å²) in [5.74, 6) is 1.29. The molecular weight excluding hydrogens is 342 g/mol. The molecule has 0 saturated heterocycles. The van der Waals surface area contributed by atoms with Crippen LogP contribution in [0.5, 0.6) is 5.75 Å². The lowest BCUT2D eigenvalue weighted by Gasteiger charge is -2.21. The van der Waals surface area contributed by atoms with Gasteiger partial charge in [-0.25, -0.2) is 4.98 Å². The van der Waals surface area contributed by atoms with Gasteiger partial charge < -0.3 is 9.64 Å². The summed E-state index contributed by atoms with van der Waals surface area (Å²) in [6.45, 7) is 7.13. The lowest BCUT2D eigenvalue weighted by molar-refractivity contribution is 0.0752. The van der Waals surface area contributed by atoms with E-state index in [1.807, 2.05) is 31.2 Å². The third kappa shape index (κ3) is 4.58. The number of carbonyl (C=O) groups excluding carboxylic acids is 1. The van der Waals surface area contributed by atoms with E-state index in [0.717, 1.165) is 11.3 Å². The molecule has 0 atom stereocenters. The van der Waals surface area contributed by atoms with Crippen LogP contribution in [0.25, 0.3) is 5.82 Å². The number of hydrogen-bond donors (Lipinski definition) is 0. The minimum absolute atomic E-state index is 0.0633. The van der Waals surface area contributed by atoms with Crippen LogP contribution < -0.4 is 4.74 Å². The molecule has 0 radical (unpaired) electrons. The number of hydrogen-bond acceptors (Lipinski definition) is 5. The Hall–Kier alpha value is -3.48. The molecule has 0 aliphatic heterocycles. The molecule has 2 aromatic heterocycles. The maximum atomic E-state index is 13.0. The average Bonchev–Trinajstić information content (AvgIpc) is 3.25. The standard InChI is InChI=1S/C20H21N5O2/c1-3-10-27-18-7-5-6-16(11-18)13-24(4-2)20(26)17-8-9-21-19(12-17)25-14-22-23-15-25/h3,5-9,11-12,14-15H,1,4,10,13H2,2H3. The van der Waals surface area contributed by atoms with Crippen LogP contribution in [0.3, 0.4) is 0 Å². The third-order valence-electron chi connectivity index (χ3n) is 3.98. The summed E-state index contributed by atoms with van der Waals surface area (Å²) in [7, 11) is 0. The van der Waals surface area contributed by atoms with E-state index in [0.29, 0.717) is 31.1 Å². The highest BCUT2D eigenvalue weighted by Gasteiger charge is 2.16. The Labute approximate surface area is 157 Å². The van der Waals surface area contributed by atoms with Gasteiger partial charge in [0.1, 0.15) is 30.8 Å². The Kier molecular flexibility index (Phi) is 5.94. The van der Waals surface area contributed by atoms with Crippen LogP contribution in [0.4, 0.5) is 0 Å². The van der Waals surface area contributed by atoms with Crippen LogP contribution in [0, 0.1) is 0 Å². The molecule has 0 spiro atoms. The minimum Gasteiger partial charge on any atom is -0.490 e. The lowest BCUT2D eigenvalue weighted by Crippen LogP contribution is -2.30. The highest BCUT2D eigenvalue weighted by atomic mass is 16.5. The van der Waals surface area contributed by atoms with Gasteiger partial charge in [0.25, 0.3) is 5.91 Å². The summed E-state index contributed by atoms with van der Waals surface area (Å²) in [5.41, 5.74) is 1.56. The van der Waals surface area contributed by atoms with Crippen molar-refractivity contribution in [2.75, 3.05) is 13.2 Å². The van der Waals surface area contributed by atoms with E-state index < -0.39 is 0 Å². The zero-order chi connectivity index (χ0) is 19.1. The van der Waals surface area contributed by atoms with Crippen LogP contribution in [-0.2, 0) is 6.54 Å². The summed E-state index contributed by atoms with van der Waals surface area (Å²) in [4.78, 5) is 19.0. The van der Waals surface area contributed by atoms with Crippen LogP contribution >= 0.6 is 0 Å². The Bertz CT molecular complexity index is 908. The number of pyridine rings is 1. The number of nitrogens with zero attached hydrogens (tertiary/aromatic N) is 5. The summed E-state index contributed by atoms with van der Waals surface area (Å²) < 4.78 is 7.23. The van der Waals surface area contributed by atoms with E-state index in [-0.39, 0.29) is 5.91 Å². The maximum Gasteiger partial charge on any atom is 0.254 e. The Morgan fingerprint density at radius 3 is 2.81 bits per heavy atom. The molecular formula is C20H21N5O2. The summed E-state index contributed by atoms with van der Waals surface area (Å²) in [5, 5.41) is 7.54. The molecule has 7 nitrogen and oxygen atoms in total. The van der Waals surface area contributed by atoms with Crippen LogP contribution in [0.15, 0.2) is 67.9 Å². The smallest absolute Gasteiger partial charge is 0.254 e. The molecule has 0 unspecified atom stereocenters. The third-order valence-corrected chi connectivity index (χ3v) is 3.98. The second-order valence-electron chi connectivity index (χ2n) is 5.84. The van der Waals surface area contributed by atoms with Crippen molar-refractivity contribution in [3.8, 4) is 11.6 Å². The molecule has 0 N–H and O–H groups in total. The van der Waals surface area contributed by atoms with Crippen molar-refractivity contribution in [3.05, 3.63) is 79.0 Å². The van der Waals surface area contributed by atoms with Gasteiger partial charge in [-0.15, -0.1) is 10.2 Å². The Morgan fingerprint density at radius 1 is 1.26 bits per heavy atom. The van der Waals surface area contributed by atoms with Crippen molar-refractivity contribution < 1.29 is 9.53 Å². The normalized spacial score (nSPS) is 10.4. The van der Waals surface area contributed by atoms with Crippen LogP contribution in [0.1, 0.15) is 22.8 Å². The fraction of sp³-hybridized carbons (Fsp3) is 0.200. The van der Waals surface area contributed by atoms with Crippen molar-refractivity contribution >= 4 is 5.91 Å². The molecule has 1 amide bonds. The van der Waals surface area contributed by atoms with Crippen molar-refractivity contribution in [2.45, 2.75) is 13.5 Å². The number of ether oxygens (including phenoxy) is 1. The van der Waals surface area contributed by atoms with Crippen molar-refractivity contribution in [1.82, 2.24) is 24.6 Å². The van der Waals surface area contributed by atoms with E-state index in [1.54, 1.807) is 46.5 Å². The van der Waals surface area contributed by atoms with Gasteiger partial charge in [-0.05, 0) is 36.8 Å². The van der Waals surface area contributed by atoms with Crippen molar-refractivity contribution in [2.24, 2.45) is 0 Å². The number of amides is 1. The molecule has 0 fully saturated rings. The SMILES string of the molecule is C=CCOc1cccc(CN(CC)C(=O)c2ccnc(-n3cnnc3)c2)c1. The fourth-order valence-corrected chi connectivity index (χ4v) is 2.63. The Balaban J connectivity index is 1.77. The van der Waals surface area contributed by atoms with Gasteiger partial charge in [-0.1, -0.05) is 24.8 Å². The average molecular weight is 363 g/mol. The van der Waals surface area contributed by atoms with Gasteiger partial charge in [-0.3, -0.25) is 9.36 Å². The van der Waals surface area contributed by atoms with E-state index in [4.69, 9.17) is 4.74 Å².